The van der Waals surface area contributed by atoms with Crippen LogP contribution in [0.3, 0.4) is 0 Å². The first kappa shape index (κ1) is 48.1. The van der Waals surface area contributed by atoms with Crippen LogP contribution < -0.4 is 5.73 Å². The van der Waals surface area contributed by atoms with Crippen LogP contribution in [0.2, 0.25) is 0 Å². The normalized spacial score (nSPS) is 21.1. The highest BCUT2D eigenvalue weighted by molar-refractivity contribution is 7.47. The molecule has 0 spiro atoms. The topological polar surface area (TPSA) is 216 Å². The number of aliphatic hydroxyl groups excluding tert-OH is 2. The summed E-state index contributed by atoms with van der Waals surface area (Å²) in [7, 11) is -3.44. The third-order valence-corrected chi connectivity index (χ3v) is 11.1. The van der Waals surface area contributed by atoms with Gasteiger partial charge in [-0.05, 0) is 68.0 Å². The number of rotatable bonds is 29. The maximum absolute atomic E-state index is 14.1. The largest absolute Gasteiger partial charge is 0.472 e. The number of unbranched alkanes of at least 4 members (excludes halogenated alkanes) is 12. The fourth-order valence-electron chi connectivity index (χ4n) is 6.96. The number of hydrogen-bond donors (Lipinski definition) is 4. The molecule has 1 saturated heterocycles. The molecular weight excluding hydrogens is 782 g/mol. The molecule has 1 fully saturated rings. The van der Waals surface area contributed by atoms with Crippen molar-refractivity contribution in [3.05, 3.63) is 71.4 Å². The van der Waals surface area contributed by atoms with Crippen LogP contribution in [0.25, 0.3) is 5.52 Å². The van der Waals surface area contributed by atoms with E-state index in [0.29, 0.717) is 23.4 Å². The van der Waals surface area contributed by atoms with Gasteiger partial charge in [0.1, 0.15) is 42.1 Å². The number of aliphatic hydroxyl groups is 2. The molecule has 1 aliphatic heterocycles. The summed E-state index contributed by atoms with van der Waals surface area (Å²) in [5, 5.41) is 35.6. The second-order valence-electron chi connectivity index (χ2n) is 15.0. The SMILES string of the molecule is CCCCCCCC/C=C/CCCCCCCCOC[C@H](COP(=O)(O)OC[C@@]1(C=NC)O[C@@H](c2ccc3c(N)ncnn23)[C@H](O)[C@@H]1O)OCc1cc(F)cc(C#N)c1. The molecule has 326 valence electrons. The molecule has 2 aromatic heterocycles. The minimum Gasteiger partial charge on any atom is -0.387 e. The van der Waals surface area contributed by atoms with E-state index in [1.54, 1.807) is 12.1 Å². The Balaban J connectivity index is 1.24. The van der Waals surface area contributed by atoms with Crippen LogP contribution in [0, 0.1) is 17.1 Å². The number of nitrogen functional groups attached to an aromatic ring is 1. The minimum absolute atomic E-state index is 0.00698. The number of phosphoric ester groups is 1. The van der Waals surface area contributed by atoms with Crippen molar-refractivity contribution in [2.45, 2.75) is 133 Å². The van der Waals surface area contributed by atoms with Crippen molar-refractivity contribution in [2.24, 2.45) is 4.99 Å². The maximum atomic E-state index is 14.1. The number of halogens is 1. The van der Waals surface area contributed by atoms with Crippen LogP contribution in [-0.2, 0) is 34.4 Å². The van der Waals surface area contributed by atoms with Gasteiger partial charge in [0.2, 0.25) is 0 Å². The fourth-order valence-corrected chi connectivity index (χ4v) is 7.75. The number of phosphoric acid groups is 1. The number of hydrogen-bond acceptors (Lipinski definition) is 13. The average Bonchev–Trinajstić information content (AvgIpc) is 3.76. The summed E-state index contributed by atoms with van der Waals surface area (Å²) in [5.74, 6) is -0.410. The molecule has 0 bridgehead atoms. The number of nitrogens with zero attached hydrogens (tertiary/aromatic N) is 5. The summed E-state index contributed by atoms with van der Waals surface area (Å²) in [5.41, 5.74) is 5.39. The molecule has 3 heterocycles. The van der Waals surface area contributed by atoms with Crippen molar-refractivity contribution >= 4 is 25.4 Å². The van der Waals surface area contributed by atoms with Crippen LogP contribution >= 0.6 is 7.82 Å². The van der Waals surface area contributed by atoms with Gasteiger partial charge in [-0.2, -0.15) is 10.4 Å². The van der Waals surface area contributed by atoms with Crippen molar-refractivity contribution in [2.75, 3.05) is 39.2 Å². The third kappa shape index (κ3) is 15.4. The van der Waals surface area contributed by atoms with Gasteiger partial charge in [-0.1, -0.05) is 76.9 Å². The Morgan fingerprint density at radius 1 is 1.03 bits per heavy atom. The molecule has 17 heteroatoms. The Morgan fingerprint density at radius 3 is 2.42 bits per heavy atom. The number of anilines is 1. The van der Waals surface area contributed by atoms with Gasteiger partial charge >= 0.3 is 7.82 Å². The number of aromatic nitrogens is 3. The molecule has 0 amide bonds. The zero-order chi connectivity index (χ0) is 42.5. The van der Waals surface area contributed by atoms with Gasteiger partial charge in [-0.15, -0.1) is 0 Å². The van der Waals surface area contributed by atoms with E-state index in [4.69, 9.17) is 29.0 Å². The first-order valence-corrected chi connectivity index (χ1v) is 22.2. The summed E-state index contributed by atoms with van der Waals surface area (Å²) < 4.78 is 57.3. The second-order valence-corrected chi connectivity index (χ2v) is 16.4. The van der Waals surface area contributed by atoms with Gasteiger partial charge in [-0.3, -0.25) is 14.0 Å². The summed E-state index contributed by atoms with van der Waals surface area (Å²) in [6.07, 6.45) is 18.5. The Morgan fingerprint density at radius 2 is 1.73 bits per heavy atom. The van der Waals surface area contributed by atoms with Crippen LogP contribution in [-0.4, -0.2) is 93.3 Å². The zero-order valence-electron chi connectivity index (χ0n) is 34.4. The highest BCUT2D eigenvalue weighted by atomic mass is 31.2. The van der Waals surface area contributed by atoms with E-state index < -0.39 is 56.9 Å². The monoisotopic (exact) mass is 844 g/mol. The number of fused-ring (bicyclic) bond motifs is 1. The maximum Gasteiger partial charge on any atom is 0.472 e. The zero-order valence-corrected chi connectivity index (χ0v) is 35.3. The predicted octanol–water partition coefficient (Wildman–Crippen LogP) is 7.33. The predicted molar refractivity (Wildman–Crippen MR) is 222 cm³/mol. The lowest BCUT2D eigenvalue weighted by molar-refractivity contribution is -0.0702. The average molecular weight is 845 g/mol. The Bertz CT molecular complexity index is 1860. The standard InChI is InChI=1S/C42H62FN6O9P/c1-3-4-5-6-7-8-9-10-11-12-13-14-15-16-17-18-21-54-27-35(55-26-33-22-32(25-44)23-34(43)24-33)28-56-59(52,53)57-30-42(29-46-2)40(51)38(50)39(58-42)36-19-20-37-41(45)47-31-48-49(36)37/h10-11,19-20,22-24,29,31,35,38-40,50-51H,3-9,12-18,21,26-28,30H2,1-2H3,(H,52,53)(H2,45,47,48)/b11-10+,46-29?/t35-,38+,39+,40+,42-/m1/s1. The molecule has 0 radical (unpaired) electrons. The van der Waals surface area contributed by atoms with E-state index in [9.17, 15) is 29.3 Å². The summed E-state index contributed by atoms with van der Waals surface area (Å²) in [6, 6.07) is 8.96. The fraction of sp³-hybridized carbons (Fsp3) is 0.619. The van der Waals surface area contributed by atoms with E-state index >= 15 is 0 Å². The summed E-state index contributed by atoms with van der Waals surface area (Å²) in [6.45, 7) is 1.35. The lowest BCUT2D eigenvalue weighted by atomic mass is 9.96. The molecule has 15 nitrogen and oxygen atoms in total. The third-order valence-electron chi connectivity index (χ3n) is 10.2. The summed E-state index contributed by atoms with van der Waals surface area (Å²) >= 11 is 0. The van der Waals surface area contributed by atoms with E-state index in [-0.39, 0.29) is 24.6 Å². The number of benzene rings is 1. The van der Waals surface area contributed by atoms with Crippen molar-refractivity contribution in [3.8, 4) is 6.07 Å². The van der Waals surface area contributed by atoms with Gasteiger partial charge in [0.25, 0.3) is 0 Å². The van der Waals surface area contributed by atoms with Crippen molar-refractivity contribution in [1.29, 1.82) is 5.26 Å². The molecule has 4 rings (SSSR count). The van der Waals surface area contributed by atoms with Crippen LogP contribution in [0.4, 0.5) is 10.2 Å². The van der Waals surface area contributed by atoms with Gasteiger partial charge in [0.15, 0.2) is 11.4 Å². The Kier molecular flexibility index (Phi) is 20.5. The molecular formula is C42H62FN6O9P. The van der Waals surface area contributed by atoms with Crippen LogP contribution in [0.15, 0.2) is 53.8 Å². The summed E-state index contributed by atoms with van der Waals surface area (Å²) in [4.78, 5) is 18.7. The van der Waals surface area contributed by atoms with Crippen LogP contribution in [0.5, 0.6) is 0 Å². The van der Waals surface area contributed by atoms with E-state index in [0.717, 1.165) is 38.2 Å². The molecule has 3 aromatic rings. The van der Waals surface area contributed by atoms with E-state index in [2.05, 4.69) is 34.2 Å². The molecule has 0 aliphatic carbocycles. The molecule has 1 aromatic carbocycles. The van der Waals surface area contributed by atoms with E-state index in [1.165, 1.54) is 94.0 Å². The number of nitriles is 1. The Labute approximate surface area is 347 Å². The number of ether oxygens (including phenoxy) is 3. The van der Waals surface area contributed by atoms with Gasteiger partial charge in [0.05, 0.1) is 43.8 Å². The highest BCUT2D eigenvalue weighted by Gasteiger charge is 2.55. The minimum atomic E-state index is -4.85. The van der Waals surface area contributed by atoms with Gasteiger partial charge in [0, 0.05) is 19.9 Å². The number of allylic oxidation sites excluding steroid dienone is 2. The first-order chi connectivity index (χ1) is 28.5. The molecule has 6 atom stereocenters. The molecule has 59 heavy (non-hydrogen) atoms. The number of nitrogens with two attached hydrogens (primary N) is 1. The van der Waals surface area contributed by atoms with E-state index in [1.807, 2.05) is 6.07 Å². The molecule has 1 unspecified atom stereocenters. The lowest BCUT2D eigenvalue weighted by Crippen LogP contribution is -2.48. The van der Waals surface area contributed by atoms with Crippen molar-refractivity contribution < 1.29 is 47.3 Å². The van der Waals surface area contributed by atoms with Crippen molar-refractivity contribution in [1.82, 2.24) is 14.6 Å². The smallest absolute Gasteiger partial charge is 0.387 e. The van der Waals surface area contributed by atoms with Crippen molar-refractivity contribution in [3.63, 3.8) is 0 Å². The number of aliphatic imine (C=N–C) groups is 1. The molecule has 0 saturated carbocycles. The Hall–Kier alpha value is -3.62. The first-order valence-electron chi connectivity index (χ1n) is 20.7. The van der Waals surface area contributed by atoms with Crippen LogP contribution in [0.1, 0.15) is 120 Å². The highest BCUT2D eigenvalue weighted by Crippen LogP contribution is 2.47. The van der Waals surface area contributed by atoms with Gasteiger partial charge in [-0.25, -0.2) is 18.5 Å². The molecule has 1 aliphatic rings. The lowest BCUT2D eigenvalue weighted by Gasteiger charge is -2.28. The molecule has 5 N–H and O–H groups in total. The van der Waals surface area contributed by atoms with Gasteiger partial charge < -0.3 is 35.1 Å². The second kappa shape index (κ2) is 25.2. The quantitative estimate of drug-likeness (QED) is 0.0233.